The van der Waals surface area contributed by atoms with E-state index in [2.05, 4.69) is 10.4 Å². The minimum Gasteiger partial charge on any atom is -0.322 e. The van der Waals surface area contributed by atoms with Crippen LogP contribution < -0.4 is 5.32 Å². The molecular weight excluding hydrogens is 412 g/mol. The summed E-state index contributed by atoms with van der Waals surface area (Å²) in [7, 11) is 0. The summed E-state index contributed by atoms with van der Waals surface area (Å²) in [6.45, 7) is 1.92. The first-order valence-corrected chi connectivity index (χ1v) is 8.74. The van der Waals surface area contributed by atoms with Gasteiger partial charge in [0, 0.05) is 5.69 Å². The number of amides is 1. The molecule has 3 aromatic rings. The quantitative estimate of drug-likeness (QED) is 0.541. The van der Waals surface area contributed by atoms with Crippen molar-refractivity contribution in [1.29, 1.82) is 0 Å². The fourth-order valence-corrected chi connectivity index (χ4v) is 2.82. The van der Waals surface area contributed by atoms with E-state index in [4.69, 9.17) is 0 Å². The molecule has 0 aliphatic carbocycles. The van der Waals surface area contributed by atoms with Gasteiger partial charge in [-0.25, -0.2) is 4.68 Å². The van der Waals surface area contributed by atoms with E-state index in [0.29, 0.717) is 12.3 Å². The van der Waals surface area contributed by atoms with Gasteiger partial charge >= 0.3 is 12.4 Å². The van der Waals surface area contributed by atoms with E-state index in [1.54, 1.807) is 24.3 Å². The molecule has 0 bridgehead atoms. The van der Waals surface area contributed by atoms with Crippen molar-refractivity contribution in [2.75, 3.05) is 5.32 Å². The fourth-order valence-electron chi connectivity index (χ4n) is 2.82. The summed E-state index contributed by atoms with van der Waals surface area (Å²) in [5, 5.41) is 5.88. The van der Waals surface area contributed by atoms with Crippen molar-refractivity contribution in [3.63, 3.8) is 0 Å². The first-order valence-electron chi connectivity index (χ1n) is 8.74. The molecule has 0 atom stereocenters. The molecule has 0 spiro atoms. The van der Waals surface area contributed by atoms with Crippen molar-refractivity contribution in [3.8, 4) is 5.69 Å². The van der Waals surface area contributed by atoms with Gasteiger partial charge in [-0.3, -0.25) is 4.79 Å². The van der Waals surface area contributed by atoms with E-state index >= 15 is 0 Å². The number of alkyl halides is 6. The predicted molar refractivity (Wildman–Crippen MR) is 97.3 cm³/mol. The van der Waals surface area contributed by atoms with E-state index < -0.39 is 40.8 Å². The number of nitrogens with zero attached hydrogens (tertiary/aromatic N) is 2. The third kappa shape index (κ3) is 4.47. The Bertz CT molecular complexity index is 1050. The van der Waals surface area contributed by atoms with Crippen molar-refractivity contribution in [2.24, 2.45) is 0 Å². The minimum atomic E-state index is -5.04. The number of aromatic nitrogens is 2. The van der Waals surface area contributed by atoms with Gasteiger partial charge in [-0.1, -0.05) is 25.1 Å². The largest absolute Gasteiger partial charge is 0.434 e. The number of nitrogens with one attached hydrogen (secondary N) is 1. The second-order valence-corrected chi connectivity index (χ2v) is 6.37. The number of aryl methyl sites for hydroxylation is 1. The van der Waals surface area contributed by atoms with Crippen molar-refractivity contribution in [3.05, 3.63) is 77.1 Å². The molecule has 1 heterocycles. The maximum atomic E-state index is 13.7. The van der Waals surface area contributed by atoms with Crippen LogP contribution >= 0.6 is 0 Å². The van der Waals surface area contributed by atoms with E-state index in [1.165, 1.54) is 0 Å². The number of hydrogen-bond acceptors (Lipinski definition) is 2. The molecule has 30 heavy (non-hydrogen) atoms. The van der Waals surface area contributed by atoms with Crippen LogP contribution in [-0.4, -0.2) is 15.7 Å². The van der Waals surface area contributed by atoms with Crippen molar-refractivity contribution < 1.29 is 31.1 Å². The van der Waals surface area contributed by atoms with Crippen LogP contribution in [0, 0.1) is 0 Å². The Morgan fingerprint density at radius 1 is 1.00 bits per heavy atom. The van der Waals surface area contributed by atoms with Crippen LogP contribution in [0.15, 0.2) is 54.7 Å². The van der Waals surface area contributed by atoms with E-state index in [-0.39, 0.29) is 10.4 Å². The normalized spacial score (nSPS) is 12.1. The summed E-state index contributed by atoms with van der Waals surface area (Å²) in [5.74, 6) is -1.08. The number of carbonyl (C=O) groups is 1. The second-order valence-electron chi connectivity index (χ2n) is 6.37. The molecule has 10 heteroatoms. The Morgan fingerprint density at radius 3 is 2.23 bits per heavy atom. The zero-order chi connectivity index (χ0) is 22.1. The van der Waals surface area contributed by atoms with E-state index in [0.717, 1.165) is 30.2 Å². The number of rotatable bonds is 4. The summed E-state index contributed by atoms with van der Waals surface area (Å²) >= 11 is 0. The van der Waals surface area contributed by atoms with Gasteiger partial charge in [0.05, 0.1) is 23.0 Å². The van der Waals surface area contributed by atoms with Crippen LogP contribution in [0.5, 0.6) is 0 Å². The molecule has 1 N–H and O–H groups in total. The van der Waals surface area contributed by atoms with Gasteiger partial charge < -0.3 is 5.32 Å². The van der Waals surface area contributed by atoms with Crippen LogP contribution in [0.25, 0.3) is 5.69 Å². The van der Waals surface area contributed by atoms with Crippen LogP contribution in [-0.2, 0) is 18.8 Å². The molecule has 3 rings (SSSR count). The standard InChI is InChI=1S/C20H15F6N3O/c1-2-12-6-8-14(9-7-12)28-18(30)16-11-27-29(17(16)20(24,25)26)15-5-3-4-13(10-15)19(21,22)23/h3-11H,2H2,1H3,(H,28,30). The van der Waals surface area contributed by atoms with Gasteiger partial charge in [-0.2, -0.15) is 31.4 Å². The van der Waals surface area contributed by atoms with E-state index in [9.17, 15) is 31.1 Å². The minimum absolute atomic E-state index is 0.275. The van der Waals surface area contributed by atoms with Gasteiger partial charge in [-0.15, -0.1) is 0 Å². The Morgan fingerprint density at radius 2 is 1.67 bits per heavy atom. The number of anilines is 1. The van der Waals surface area contributed by atoms with Crippen LogP contribution in [0.4, 0.5) is 32.0 Å². The highest BCUT2D eigenvalue weighted by molar-refractivity contribution is 6.05. The lowest BCUT2D eigenvalue weighted by Crippen LogP contribution is -2.21. The van der Waals surface area contributed by atoms with Crippen molar-refractivity contribution >= 4 is 11.6 Å². The lowest BCUT2D eigenvalue weighted by molar-refractivity contribution is -0.143. The lowest BCUT2D eigenvalue weighted by atomic mass is 10.1. The predicted octanol–water partition coefficient (Wildman–Crippen LogP) is 5.72. The first kappa shape index (κ1) is 21.4. The SMILES string of the molecule is CCc1ccc(NC(=O)c2cnn(-c3cccc(C(F)(F)F)c3)c2C(F)(F)F)cc1. The lowest BCUT2D eigenvalue weighted by Gasteiger charge is -2.14. The molecule has 0 aliphatic rings. The third-order valence-corrected chi connectivity index (χ3v) is 4.32. The van der Waals surface area contributed by atoms with Gasteiger partial charge in [0.15, 0.2) is 5.69 Å². The molecule has 0 aliphatic heterocycles. The highest BCUT2D eigenvalue weighted by Crippen LogP contribution is 2.35. The number of hydrogen-bond donors (Lipinski definition) is 1. The molecule has 1 aromatic heterocycles. The smallest absolute Gasteiger partial charge is 0.322 e. The van der Waals surface area contributed by atoms with Crippen LogP contribution in [0.1, 0.15) is 34.1 Å². The van der Waals surface area contributed by atoms with Gasteiger partial charge in [0.2, 0.25) is 0 Å². The highest BCUT2D eigenvalue weighted by Gasteiger charge is 2.41. The summed E-state index contributed by atoms with van der Waals surface area (Å²) in [6, 6.07) is 9.79. The van der Waals surface area contributed by atoms with Crippen LogP contribution in [0.3, 0.4) is 0 Å². The average molecular weight is 427 g/mol. The fraction of sp³-hybridized carbons (Fsp3) is 0.200. The summed E-state index contributed by atoms with van der Waals surface area (Å²) in [6.07, 6.45) is -8.36. The molecule has 0 saturated heterocycles. The first-order chi connectivity index (χ1) is 14.0. The summed E-state index contributed by atoms with van der Waals surface area (Å²) in [5.41, 5.74) is -2.63. The second kappa shape index (κ2) is 7.85. The maximum absolute atomic E-state index is 13.7. The zero-order valence-electron chi connectivity index (χ0n) is 15.5. The van der Waals surface area contributed by atoms with Gasteiger partial charge in [0.25, 0.3) is 5.91 Å². The monoisotopic (exact) mass is 427 g/mol. The third-order valence-electron chi connectivity index (χ3n) is 4.32. The summed E-state index contributed by atoms with van der Waals surface area (Å²) in [4.78, 5) is 12.5. The molecule has 0 saturated carbocycles. The van der Waals surface area contributed by atoms with Crippen molar-refractivity contribution in [1.82, 2.24) is 9.78 Å². The molecule has 0 radical (unpaired) electrons. The Hall–Kier alpha value is -3.30. The highest BCUT2D eigenvalue weighted by atomic mass is 19.4. The molecule has 158 valence electrons. The Kier molecular flexibility index (Phi) is 5.60. The molecule has 0 fully saturated rings. The number of halogens is 6. The molecule has 4 nitrogen and oxygen atoms in total. The molecular formula is C20H15F6N3O. The summed E-state index contributed by atoms with van der Waals surface area (Å²) < 4.78 is 80.2. The Labute approximate surface area is 167 Å². The average Bonchev–Trinajstić information content (AvgIpc) is 3.14. The molecule has 1 amide bonds. The molecule has 0 unspecified atom stereocenters. The Balaban J connectivity index is 2.01. The topological polar surface area (TPSA) is 46.9 Å². The number of carbonyl (C=O) groups excluding carboxylic acids is 1. The number of benzene rings is 2. The molecule has 2 aromatic carbocycles. The zero-order valence-corrected chi connectivity index (χ0v) is 15.5. The maximum Gasteiger partial charge on any atom is 0.434 e. The van der Waals surface area contributed by atoms with E-state index in [1.807, 2.05) is 6.92 Å². The van der Waals surface area contributed by atoms with Crippen LogP contribution in [0.2, 0.25) is 0 Å². The van der Waals surface area contributed by atoms with Crippen molar-refractivity contribution in [2.45, 2.75) is 25.7 Å². The van der Waals surface area contributed by atoms with Gasteiger partial charge in [-0.05, 0) is 42.3 Å². The van der Waals surface area contributed by atoms with Gasteiger partial charge in [0.1, 0.15) is 0 Å².